The number of anilines is 1. The van der Waals surface area contributed by atoms with Gasteiger partial charge >= 0.3 is 0 Å². The second-order valence-corrected chi connectivity index (χ2v) is 9.10. The van der Waals surface area contributed by atoms with Gasteiger partial charge < -0.3 is 15.5 Å². The molecule has 9 heteroatoms. The van der Waals surface area contributed by atoms with Crippen molar-refractivity contribution < 1.29 is 9.53 Å². The zero-order chi connectivity index (χ0) is 22.7. The number of benzene rings is 2. The van der Waals surface area contributed by atoms with Crippen molar-refractivity contribution >= 4 is 35.0 Å². The van der Waals surface area contributed by atoms with Crippen LogP contribution in [0.1, 0.15) is 43.3 Å². The predicted molar refractivity (Wildman–Crippen MR) is 128 cm³/mol. The number of carbonyl (C=O) groups is 1. The van der Waals surface area contributed by atoms with Crippen LogP contribution in [0.5, 0.6) is 5.75 Å². The van der Waals surface area contributed by atoms with Gasteiger partial charge in [0.1, 0.15) is 11.0 Å². The molecule has 2 atom stereocenters. The number of nitrogens with zero attached hydrogens (tertiary/aromatic N) is 3. The van der Waals surface area contributed by atoms with Gasteiger partial charge in [0, 0.05) is 17.1 Å². The van der Waals surface area contributed by atoms with Crippen LogP contribution < -0.4 is 15.5 Å². The van der Waals surface area contributed by atoms with E-state index in [-0.39, 0.29) is 11.9 Å². The molecule has 0 spiro atoms. The Kier molecular flexibility index (Phi) is 6.91. The Hall–Kier alpha value is -2.71. The van der Waals surface area contributed by atoms with Crippen LogP contribution >= 0.6 is 23.4 Å². The van der Waals surface area contributed by atoms with Crippen LogP contribution in [-0.2, 0) is 11.2 Å². The van der Waals surface area contributed by atoms with Crippen molar-refractivity contribution in [2.24, 2.45) is 0 Å². The Morgan fingerprint density at radius 1 is 1.22 bits per heavy atom. The highest BCUT2D eigenvalue weighted by Crippen LogP contribution is 2.38. The number of hydrogen-bond acceptors (Lipinski definition) is 6. The van der Waals surface area contributed by atoms with Crippen LogP contribution in [-0.4, -0.2) is 32.6 Å². The fourth-order valence-electron chi connectivity index (χ4n) is 3.56. The summed E-state index contributed by atoms with van der Waals surface area (Å²) >= 11 is 7.65. The molecule has 1 aliphatic heterocycles. The van der Waals surface area contributed by atoms with E-state index < -0.39 is 5.25 Å². The SMILES string of the molecule is CCCc1nnc2n1NC(c1ccc(OCC)cc1)C(C(=O)Nc1ccc(C)c(Cl)c1)S2. The maximum absolute atomic E-state index is 13.4. The average molecular weight is 472 g/mol. The summed E-state index contributed by atoms with van der Waals surface area (Å²) in [5, 5.41) is 12.5. The molecule has 4 rings (SSSR count). The topological polar surface area (TPSA) is 81.1 Å². The van der Waals surface area contributed by atoms with Crippen LogP contribution in [0.2, 0.25) is 5.02 Å². The fourth-order valence-corrected chi connectivity index (χ4v) is 4.84. The largest absolute Gasteiger partial charge is 0.494 e. The third-order valence-corrected chi connectivity index (χ3v) is 6.85. The second kappa shape index (κ2) is 9.83. The molecule has 0 fully saturated rings. The van der Waals surface area contributed by atoms with Gasteiger partial charge in [0.2, 0.25) is 11.1 Å². The van der Waals surface area contributed by atoms with Crippen LogP contribution in [0.15, 0.2) is 47.6 Å². The number of aryl methyl sites for hydroxylation is 2. The molecule has 7 nitrogen and oxygen atoms in total. The van der Waals surface area contributed by atoms with E-state index in [2.05, 4.69) is 27.9 Å². The molecule has 168 valence electrons. The van der Waals surface area contributed by atoms with Gasteiger partial charge in [0.05, 0.1) is 12.6 Å². The van der Waals surface area contributed by atoms with E-state index in [1.54, 1.807) is 6.07 Å². The Morgan fingerprint density at radius 2 is 2.00 bits per heavy atom. The van der Waals surface area contributed by atoms with E-state index >= 15 is 0 Å². The molecule has 3 aromatic rings. The molecule has 1 aromatic heterocycles. The minimum absolute atomic E-state index is 0.132. The molecule has 2 N–H and O–H groups in total. The number of halogens is 1. The fraction of sp³-hybridized carbons (Fsp3) is 0.348. The second-order valence-electron chi connectivity index (χ2n) is 7.58. The number of nitrogens with one attached hydrogen (secondary N) is 2. The number of fused-ring (bicyclic) bond motifs is 1. The third-order valence-electron chi connectivity index (χ3n) is 5.23. The third kappa shape index (κ3) is 4.71. The monoisotopic (exact) mass is 471 g/mol. The number of thioether (sulfide) groups is 1. The molecule has 32 heavy (non-hydrogen) atoms. The quantitative estimate of drug-likeness (QED) is 0.505. The molecule has 1 amide bonds. The highest BCUT2D eigenvalue weighted by Gasteiger charge is 2.37. The highest BCUT2D eigenvalue weighted by atomic mass is 35.5. The number of amides is 1. The molecule has 1 aliphatic rings. The first-order chi connectivity index (χ1) is 15.5. The van der Waals surface area contributed by atoms with Gasteiger partial charge in [-0.05, 0) is 55.7 Å². The molecular formula is C23H26ClN5O2S. The average Bonchev–Trinajstić information content (AvgIpc) is 3.18. The Morgan fingerprint density at radius 3 is 2.69 bits per heavy atom. The van der Waals surface area contributed by atoms with Gasteiger partial charge in [-0.2, -0.15) is 0 Å². The lowest BCUT2D eigenvalue weighted by molar-refractivity contribution is -0.116. The summed E-state index contributed by atoms with van der Waals surface area (Å²) < 4.78 is 7.48. The van der Waals surface area contributed by atoms with E-state index in [1.165, 1.54) is 11.8 Å². The summed E-state index contributed by atoms with van der Waals surface area (Å²) in [7, 11) is 0. The lowest BCUT2D eigenvalue weighted by atomic mass is 10.0. The van der Waals surface area contributed by atoms with E-state index in [4.69, 9.17) is 16.3 Å². The maximum Gasteiger partial charge on any atom is 0.240 e. The summed E-state index contributed by atoms with van der Waals surface area (Å²) in [4.78, 5) is 13.4. The van der Waals surface area contributed by atoms with E-state index in [1.807, 2.05) is 54.9 Å². The van der Waals surface area contributed by atoms with Crippen molar-refractivity contribution in [3.05, 3.63) is 64.4 Å². The number of hydrogen-bond donors (Lipinski definition) is 2. The van der Waals surface area contributed by atoms with Crippen LogP contribution in [0.25, 0.3) is 0 Å². The first-order valence-corrected chi connectivity index (χ1v) is 11.9. The van der Waals surface area contributed by atoms with E-state index in [0.717, 1.165) is 35.5 Å². The van der Waals surface area contributed by atoms with Crippen LogP contribution in [0.4, 0.5) is 5.69 Å². The zero-order valence-corrected chi connectivity index (χ0v) is 19.8. The van der Waals surface area contributed by atoms with Crippen LogP contribution in [0.3, 0.4) is 0 Å². The summed E-state index contributed by atoms with van der Waals surface area (Å²) in [6.45, 7) is 6.58. The first kappa shape index (κ1) is 22.5. The van der Waals surface area contributed by atoms with Crippen molar-refractivity contribution in [3.63, 3.8) is 0 Å². The summed E-state index contributed by atoms with van der Waals surface area (Å²) in [6.07, 6.45) is 1.76. The van der Waals surface area contributed by atoms with Crippen molar-refractivity contribution in [3.8, 4) is 5.75 Å². The van der Waals surface area contributed by atoms with E-state index in [9.17, 15) is 4.79 Å². The minimum Gasteiger partial charge on any atom is -0.494 e. The zero-order valence-electron chi connectivity index (χ0n) is 18.3. The molecule has 0 bridgehead atoms. The van der Waals surface area contributed by atoms with Crippen molar-refractivity contribution in [2.75, 3.05) is 17.3 Å². The van der Waals surface area contributed by atoms with Gasteiger partial charge in [0.25, 0.3) is 0 Å². The molecule has 2 heterocycles. The lowest BCUT2D eigenvalue weighted by Crippen LogP contribution is -2.41. The predicted octanol–water partition coefficient (Wildman–Crippen LogP) is 4.99. The van der Waals surface area contributed by atoms with Gasteiger partial charge in [-0.3, -0.25) is 4.79 Å². The molecule has 0 saturated carbocycles. The van der Waals surface area contributed by atoms with Crippen LogP contribution in [0, 0.1) is 6.92 Å². The summed E-state index contributed by atoms with van der Waals surface area (Å²) in [5.74, 6) is 1.52. The van der Waals surface area contributed by atoms with Gasteiger partial charge in [-0.1, -0.05) is 48.5 Å². The number of rotatable bonds is 7. The summed E-state index contributed by atoms with van der Waals surface area (Å²) in [5.41, 5.74) is 6.08. The summed E-state index contributed by atoms with van der Waals surface area (Å²) in [6, 6.07) is 13.1. The minimum atomic E-state index is -0.459. The van der Waals surface area contributed by atoms with Crippen molar-refractivity contribution in [2.45, 2.75) is 50.1 Å². The Balaban J connectivity index is 1.64. The molecule has 2 aromatic carbocycles. The number of carbonyl (C=O) groups excluding carboxylic acids is 1. The van der Waals surface area contributed by atoms with Gasteiger partial charge in [-0.15, -0.1) is 10.2 Å². The molecule has 2 unspecified atom stereocenters. The Bertz CT molecular complexity index is 1100. The van der Waals surface area contributed by atoms with Gasteiger partial charge in [0.15, 0.2) is 5.82 Å². The lowest BCUT2D eigenvalue weighted by Gasteiger charge is -2.33. The highest BCUT2D eigenvalue weighted by molar-refractivity contribution is 8.00. The normalized spacial score (nSPS) is 17.4. The first-order valence-electron chi connectivity index (χ1n) is 10.7. The standard InChI is InChI=1S/C23H26ClN5O2S/c1-4-6-19-26-27-23-29(19)28-20(15-8-11-17(12-9-15)31-5-2)21(32-23)22(30)25-16-10-7-14(3)18(24)13-16/h7-13,20-21,28H,4-6H2,1-3H3,(H,25,30). The van der Waals surface area contributed by atoms with Crippen molar-refractivity contribution in [1.82, 2.24) is 14.9 Å². The number of aromatic nitrogens is 3. The van der Waals surface area contributed by atoms with Gasteiger partial charge in [-0.25, -0.2) is 4.68 Å². The molecule has 0 radical (unpaired) electrons. The molecular weight excluding hydrogens is 446 g/mol. The smallest absolute Gasteiger partial charge is 0.240 e. The van der Waals surface area contributed by atoms with Crippen molar-refractivity contribution in [1.29, 1.82) is 0 Å². The van der Waals surface area contributed by atoms with E-state index in [0.29, 0.717) is 22.5 Å². The maximum atomic E-state index is 13.4. The molecule has 0 saturated heterocycles. The Labute approximate surface area is 196 Å². The number of ether oxygens (including phenoxy) is 1. The molecule has 0 aliphatic carbocycles.